The lowest BCUT2D eigenvalue weighted by molar-refractivity contribution is 0.317. The lowest BCUT2D eigenvalue weighted by Gasteiger charge is -2.29. The molecule has 2 nitrogen and oxygen atoms in total. The predicted molar refractivity (Wildman–Crippen MR) is 106 cm³/mol. The fourth-order valence-corrected chi connectivity index (χ4v) is 4.25. The van der Waals surface area contributed by atoms with Crippen molar-refractivity contribution < 1.29 is 9.47 Å². The van der Waals surface area contributed by atoms with E-state index in [0.29, 0.717) is 13.2 Å². The standard InChI is InChI=1S/C23H32O2/c1-4-7-8-11-17-14-15-20-21(16-17)23(25-6-3)19-13-10-9-12-18(19)22(20)24-5-2/h9-10,12-13,17H,4-8,11,14-16H2,1-3H3. The van der Waals surface area contributed by atoms with Gasteiger partial charge in [-0.1, -0.05) is 56.9 Å². The summed E-state index contributed by atoms with van der Waals surface area (Å²) in [5, 5.41) is 2.41. The first-order chi connectivity index (χ1) is 12.3. The normalized spacial score (nSPS) is 16.7. The molecule has 2 aromatic rings. The van der Waals surface area contributed by atoms with Gasteiger partial charge in [-0.25, -0.2) is 0 Å². The fourth-order valence-electron chi connectivity index (χ4n) is 4.25. The molecule has 0 radical (unpaired) electrons. The summed E-state index contributed by atoms with van der Waals surface area (Å²) in [6, 6.07) is 8.57. The lowest BCUT2D eigenvalue weighted by Crippen LogP contribution is -2.17. The summed E-state index contributed by atoms with van der Waals surface area (Å²) in [5.41, 5.74) is 2.81. The van der Waals surface area contributed by atoms with Gasteiger partial charge in [-0.15, -0.1) is 0 Å². The van der Waals surface area contributed by atoms with Gasteiger partial charge in [0.1, 0.15) is 11.5 Å². The molecule has 0 saturated heterocycles. The predicted octanol–water partition coefficient (Wildman–Crippen LogP) is 6.32. The minimum absolute atomic E-state index is 0.713. The molecule has 0 bridgehead atoms. The Bertz CT molecular complexity index is 705. The van der Waals surface area contributed by atoms with Crippen LogP contribution in [0.25, 0.3) is 10.8 Å². The molecule has 1 aliphatic rings. The van der Waals surface area contributed by atoms with E-state index < -0.39 is 0 Å². The molecule has 1 aliphatic carbocycles. The van der Waals surface area contributed by atoms with Crippen LogP contribution in [0.2, 0.25) is 0 Å². The van der Waals surface area contributed by atoms with Crippen LogP contribution in [-0.4, -0.2) is 13.2 Å². The molecule has 0 N–H and O–H groups in total. The van der Waals surface area contributed by atoms with Crippen LogP contribution in [0.1, 0.15) is 64.0 Å². The van der Waals surface area contributed by atoms with Crippen molar-refractivity contribution in [2.45, 2.75) is 65.7 Å². The van der Waals surface area contributed by atoms with Gasteiger partial charge in [-0.3, -0.25) is 0 Å². The Morgan fingerprint density at radius 3 is 2.12 bits per heavy atom. The highest BCUT2D eigenvalue weighted by Crippen LogP contribution is 2.45. The van der Waals surface area contributed by atoms with E-state index in [9.17, 15) is 0 Å². The van der Waals surface area contributed by atoms with Crippen molar-refractivity contribution in [2.75, 3.05) is 13.2 Å². The number of hydrogen-bond donors (Lipinski definition) is 0. The summed E-state index contributed by atoms with van der Waals surface area (Å²) in [4.78, 5) is 0. The van der Waals surface area contributed by atoms with E-state index in [1.54, 1.807) is 0 Å². The molecule has 0 amide bonds. The molecule has 2 heteroatoms. The third kappa shape index (κ3) is 3.78. The zero-order chi connectivity index (χ0) is 17.6. The second-order valence-electron chi connectivity index (χ2n) is 7.13. The maximum absolute atomic E-state index is 6.17. The van der Waals surface area contributed by atoms with Crippen LogP contribution in [0.4, 0.5) is 0 Å². The highest BCUT2D eigenvalue weighted by atomic mass is 16.5. The lowest BCUT2D eigenvalue weighted by atomic mass is 9.79. The average Bonchev–Trinajstić information content (AvgIpc) is 2.64. The highest BCUT2D eigenvalue weighted by molar-refractivity contribution is 5.96. The maximum Gasteiger partial charge on any atom is 0.130 e. The number of rotatable bonds is 8. The Hall–Kier alpha value is -1.70. The molecule has 1 unspecified atom stereocenters. The van der Waals surface area contributed by atoms with Gasteiger partial charge >= 0.3 is 0 Å². The SMILES string of the molecule is CCCCCC1CCc2c(c(OCC)c3ccccc3c2OCC)C1. The maximum atomic E-state index is 6.17. The number of ether oxygens (including phenoxy) is 2. The van der Waals surface area contributed by atoms with Crippen molar-refractivity contribution in [3.05, 3.63) is 35.4 Å². The van der Waals surface area contributed by atoms with Gasteiger partial charge in [0.05, 0.1) is 13.2 Å². The Kier molecular flexibility index (Phi) is 6.23. The number of hydrogen-bond acceptors (Lipinski definition) is 2. The zero-order valence-corrected chi connectivity index (χ0v) is 16.1. The third-order valence-electron chi connectivity index (χ3n) is 5.42. The van der Waals surface area contributed by atoms with Gasteiger partial charge in [0.2, 0.25) is 0 Å². The van der Waals surface area contributed by atoms with Crippen LogP contribution in [0.5, 0.6) is 11.5 Å². The zero-order valence-electron chi connectivity index (χ0n) is 16.1. The van der Waals surface area contributed by atoms with Crippen LogP contribution in [0.3, 0.4) is 0 Å². The molecule has 0 saturated carbocycles. The summed E-state index contributed by atoms with van der Waals surface area (Å²) in [6.45, 7) is 7.87. The van der Waals surface area contributed by atoms with E-state index in [1.165, 1.54) is 54.0 Å². The van der Waals surface area contributed by atoms with Gasteiger partial charge in [0.15, 0.2) is 0 Å². The molecule has 25 heavy (non-hydrogen) atoms. The summed E-state index contributed by atoms with van der Waals surface area (Å²) in [6.07, 6.45) is 8.88. The monoisotopic (exact) mass is 340 g/mol. The molecule has 1 atom stereocenters. The molecule has 0 aromatic heterocycles. The largest absolute Gasteiger partial charge is 0.493 e. The van der Waals surface area contributed by atoms with Gasteiger partial charge in [-0.2, -0.15) is 0 Å². The van der Waals surface area contributed by atoms with E-state index in [1.807, 2.05) is 0 Å². The van der Waals surface area contributed by atoms with Crippen LogP contribution in [0, 0.1) is 5.92 Å². The van der Waals surface area contributed by atoms with E-state index in [2.05, 4.69) is 45.0 Å². The minimum atomic E-state index is 0.713. The quantitative estimate of drug-likeness (QED) is 0.523. The number of unbranched alkanes of at least 4 members (excludes halogenated alkanes) is 2. The van der Waals surface area contributed by atoms with E-state index in [-0.39, 0.29) is 0 Å². The molecule has 0 fully saturated rings. The molecule has 0 heterocycles. The Labute approximate surface area is 152 Å². The number of fused-ring (bicyclic) bond motifs is 2. The first kappa shape index (κ1) is 18.1. The molecule has 136 valence electrons. The van der Waals surface area contributed by atoms with Gasteiger partial charge in [0.25, 0.3) is 0 Å². The minimum Gasteiger partial charge on any atom is -0.493 e. The van der Waals surface area contributed by atoms with E-state index in [4.69, 9.17) is 9.47 Å². The van der Waals surface area contributed by atoms with E-state index in [0.717, 1.165) is 30.3 Å². The first-order valence-corrected chi connectivity index (χ1v) is 10.1. The van der Waals surface area contributed by atoms with Crippen molar-refractivity contribution >= 4 is 10.8 Å². The van der Waals surface area contributed by atoms with Gasteiger partial charge in [-0.05, 0) is 39.0 Å². The topological polar surface area (TPSA) is 18.5 Å². The average molecular weight is 341 g/mol. The Morgan fingerprint density at radius 1 is 0.880 bits per heavy atom. The number of benzene rings is 2. The molecule has 3 rings (SSSR count). The summed E-state index contributed by atoms with van der Waals surface area (Å²) < 4.78 is 12.3. The van der Waals surface area contributed by atoms with Crippen molar-refractivity contribution in [1.82, 2.24) is 0 Å². The van der Waals surface area contributed by atoms with Crippen LogP contribution < -0.4 is 9.47 Å². The molecule has 2 aromatic carbocycles. The van der Waals surface area contributed by atoms with Crippen LogP contribution in [-0.2, 0) is 12.8 Å². The summed E-state index contributed by atoms with van der Waals surface area (Å²) >= 11 is 0. The van der Waals surface area contributed by atoms with Crippen molar-refractivity contribution in [1.29, 1.82) is 0 Å². The highest BCUT2D eigenvalue weighted by Gasteiger charge is 2.27. The molecule has 0 aliphatic heterocycles. The van der Waals surface area contributed by atoms with Gasteiger partial charge < -0.3 is 9.47 Å². The molecular formula is C23H32O2. The molecular weight excluding hydrogens is 308 g/mol. The molecule has 0 spiro atoms. The van der Waals surface area contributed by atoms with Crippen molar-refractivity contribution in [3.63, 3.8) is 0 Å². The second-order valence-corrected chi connectivity index (χ2v) is 7.13. The van der Waals surface area contributed by atoms with Crippen LogP contribution in [0.15, 0.2) is 24.3 Å². The summed E-state index contributed by atoms with van der Waals surface area (Å²) in [5.74, 6) is 2.99. The first-order valence-electron chi connectivity index (χ1n) is 10.1. The van der Waals surface area contributed by atoms with Gasteiger partial charge in [0, 0.05) is 21.9 Å². The third-order valence-corrected chi connectivity index (χ3v) is 5.42. The van der Waals surface area contributed by atoms with E-state index >= 15 is 0 Å². The summed E-state index contributed by atoms with van der Waals surface area (Å²) in [7, 11) is 0. The second kappa shape index (κ2) is 8.60. The smallest absolute Gasteiger partial charge is 0.130 e. The van der Waals surface area contributed by atoms with Crippen LogP contribution >= 0.6 is 0 Å². The Balaban J connectivity index is 2.05. The Morgan fingerprint density at radius 2 is 1.52 bits per heavy atom. The fraction of sp³-hybridized carbons (Fsp3) is 0.565. The van der Waals surface area contributed by atoms with Crippen molar-refractivity contribution in [3.8, 4) is 11.5 Å². The van der Waals surface area contributed by atoms with Crippen molar-refractivity contribution in [2.24, 2.45) is 5.92 Å².